The lowest BCUT2D eigenvalue weighted by atomic mass is 9.84. The summed E-state index contributed by atoms with van der Waals surface area (Å²) in [5, 5.41) is 0. The summed E-state index contributed by atoms with van der Waals surface area (Å²) in [4.78, 5) is 2.43. The van der Waals surface area contributed by atoms with Crippen LogP contribution in [-0.2, 0) is 0 Å². The van der Waals surface area contributed by atoms with Gasteiger partial charge >= 0.3 is 0 Å². The monoisotopic (exact) mass is 301 g/mol. The predicted molar refractivity (Wildman–Crippen MR) is 99.3 cm³/mol. The van der Waals surface area contributed by atoms with E-state index in [-0.39, 0.29) is 0 Å². The first-order chi connectivity index (χ1) is 11.2. The Balaban J connectivity index is 2.00. The third-order valence-electron chi connectivity index (χ3n) is 5.17. The molecule has 2 aliphatic rings. The maximum atomic E-state index is 2.43. The molecule has 0 unspecified atom stereocenters. The van der Waals surface area contributed by atoms with Gasteiger partial charge in [-0.3, -0.25) is 0 Å². The lowest BCUT2D eigenvalue weighted by Crippen LogP contribution is -2.27. The van der Waals surface area contributed by atoms with Crippen LogP contribution in [0.2, 0.25) is 0 Å². The second-order valence-electron chi connectivity index (χ2n) is 6.74. The van der Waals surface area contributed by atoms with Gasteiger partial charge in [0.05, 0.1) is 0 Å². The minimum Gasteiger partial charge on any atom is -0.306 e. The Morgan fingerprint density at radius 3 is 2.35 bits per heavy atom. The third-order valence-corrected chi connectivity index (χ3v) is 5.17. The Kier molecular flexibility index (Phi) is 3.66. The van der Waals surface area contributed by atoms with Gasteiger partial charge < -0.3 is 4.90 Å². The second-order valence-corrected chi connectivity index (χ2v) is 6.74. The van der Waals surface area contributed by atoms with E-state index in [1.54, 1.807) is 5.57 Å². The molecular weight excluding hydrogens is 278 g/mol. The zero-order valence-corrected chi connectivity index (χ0v) is 14.0. The molecule has 0 saturated carbocycles. The number of hydrogen-bond acceptors (Lipinski definition) is 1. The fourth-order valence-electron chi connectivity index (χ4n) is 3.86. The van der Waals surface area contributed by atoms with E-state index < -0.39 is 0 Å². The van der Waals surface area contributed by atoms with Crippen molar-refractivity contribution < 1.29 is 0 Å². The van der Waals surface area contributed by atoms with Gasteiger partial charge in [0.15, 0.2) is 0 Å². The van der Waals surface area contributed by atoms with Gasteiger partial charge in [-0.25, -0.2) is 0 Å². The molecular formula is C22H23N. The lowest BCUT2D eigenvalue weighted by Gasteiger charge is -2.28. The Bertz CT molecular complexity index is 800. The lowest BCUT2D eigenvalue weighted by molar-refractivity contribution is 0.313. The Morgan fingerprint density at radius 2 is 1.52 bits per heavy atom. The molecule has 1 heterocycles. The van der Waals surface area contributed by atoms with Crippen LogP contribution in [0, 0.1) is 6.92 Å². The number of likely N-dealkylation sites (tertiary alicyclic amines) is 1. The number of piperidine rings is 1. The normalized spacial score (nSPS) is 17.7. The fraction of sp³-hybridized carbons (Fsp3) is 0.273. The molecule has 1 nitrogen and oxygen atoms in total. The molecule has 1 heteroatoms. The van der Waals surface area contributed by atoms with Crippen LogP contribution in [0.3, 0.4) is 0 Å². The predicted octanol–water partition coefficient (Wildman–Crippen LogP) is 5.01. The topological polar surface area (TPSA) is 3.24 Å². The summed E-state index contributed by atoms with van der Waals surface area (Å²) < 4.78 is 0. The number of aryl methyl sites for hydroxylation is 1. The standard InChI is InChI=1S/C22H23N/c1-16-6-5-8-18-11-10-17-7-3-4-9-20(17)22(21(16)18)19-12-14-23(2)15-13-19/h3-11H,12-15H2,1-2H3. The van der Waals surface area contributed by atoms with Crippen molar-refractivity contribution in [3.63, 3.8) is 0 Å². The van der Waals surface area contributed by atoms with Gasteiger partial charge in [0.2, 0.25) is 0 Å². The van der Waals surface area contributed by atoms with E-state index in [4.69, 9.17) is 0 Å². The summed E-state index contributed by atoms with van der Waals surface area (Å²) >= 11 is 0. The highest BCUT2D eigenvalue weighted by Crippen LogP contribution is 2.39. The minimum atomic E-state index is 1.16. The molecule has 1 aliphatic carbocycles. The van der Waals surface area contributed by atoms with Gasteiger partial charge in [0.1, 0.15) is 0 Å². The van der Waals surface area contributed by atoms with Gasteiger partial charge in [0.25, 0.3) is 0 Å². The summed E-state index contributed by atoms with van der Waals surface area (Å²) in [6.07, 6.45) is 6.90. The molecule has 1 fully saturated rings. The Hall–Kier alpha value is -2.12. The van der Waals surface area contributed by atoms with Crippen LogP contribution in [-0.4, -0.2) is 25.0 Å². The van der Waals surface area contributed by atoms with Crippen molar-refractivity contribution in [3.05, 3.63) is 75.9 Å². The quantitative estimate of drug-likeness (QED) is 0.564. The molecule has 0 radical (unpaired) electrons. The van der Waals surface area contributed by atoms with E-state index in [0.717, 1.165) is 13.1 Å². The van der Waals surface area contributed by atoms with Crippen molar-refractivity contribution in [2.75, 3.05) is 20.1 Å². The summed E-state index contributed by atoms with van der Waals surface area (Å²) in [5.74, 6) is 0. The van der Waals surface area contributed by atoms with Gasteiger partial charge in [-0.1, -0.05) is 60.2 Å². The number of rotatable bonds is 0. The van der Waals surface area contributed by atoms with Crippen molar-refractivity contribution in [2.24, 2.45) is 0 Å². The van der Waals surface area contributed by atoms with Crippen LogP contribution >= 0.6 is 0 Å². The first-order valence-corrected chi connectivity index (χ1v) is 8.52. The van der Waals surface area contributed by atoms with Crippen LogP contribution in [0.1, 0.15) is 40.7 Å². The van der Waals surface area contributed by atoms with Crippen LogP contribution in [0.15, 0.2) is 48.0 Å². The van der Waals surface area contributed by atoms with E-state index in [2.05, 4.69) is 73.5 Å². The number of hydrogen-bond donors (Lipinski definition) is 0. The summed E-state index contributed by atoms with van der Waals surface area (Å²) in [6, 6.07) is 15.5. The molecule has 0 amide bonds. The number of benzene rings is 2. The molecule has 23 heavy (non-hydrogen) atoms. The van der Waals surface area contributed by atoms with Gasteiger partial charge in [0, 0.05) is 13.1 Å². The highest BCUT2D eigenvalue weighted by atomic mass is 15.1. The van der Waals surface area contributed by atoms with Crippen molar-refractivity contribution in [1.29, 1.82) is 0 Å². The van der Waals surface area contributed by atoms with Crippen molar-refractivity contribution >= 4 is 17.7 Å². The fourth-order valence-corrected chi connectivity index (χ4v) is 3.86. The first-order valence-electron chi connectivity index (χ1n) is 8.52. The average Bonchev–Trinajstić information content (AvgIpc) is 2.74. The number of fused-ring (bicyclic) bond motifs is 2. The van der Waals surface area contributed by atoms with Crippen molar-refractivity contribution in [3.8, 4) is 0 Å². The molecule has 4 rings (SSSR count). The Morgan fingerprint density at radius 1 is 0.826 bits per heavy atom. The van der Waals surface area contributed by atoms with E-state index >= 15 is 0 Å². The summed E-state index contributed by atoms with van der Waals surface area (Å²) in [7, 11) is 2.23. The van der Waals surface area contributed by atoms with E-state index in [1.807, 2.05) is 0 Å². The van der Waals surface area contributed by atoms with E-state index in [9.17, 15) is 0 Å². The van der Waals surface area contributed by atoms with Crippen LogP contribution in [0.25, 0.3) is 17.7 Å². The molecule has 116 valence electrons. The average molecular weight is 301 g/mol. The third kappa shape index (κ3) is 2.55. The molecule has 2 aromatic carbocycles. The van der Waals surface area contributed by atoms with Crippen LogP contribution in [0.4, 0.5) is 0 Å². The van der Waals surface area contributed by atoms with Crippen LogP contribution in [0.5, 0.6) is 0 Å². The molecule has 0 N–H and O–H groups in total. The zero-order chi connectivity index (χ0) is 15.8. The molecule has 0 bridgehead atoms. The Labute approximate surface area is 139 Å². The van der Waals surface area contributed by atoms with E-state index in [1.165, 1.54) is 46.2 Å². The molecule has 0 atom stereocenters. The zero-order valence-electron chi connectivity index (χ0n) is 14.0. The van der Waals surface area contributed by atoms with Crippen LogP contribution < -0.4 is 0 Å². The molecule has 2 aromatic rings. The molecule has 1 aliphatic heterocycles. The number of nitrogens with zero attached hydrogens (tertiary/aromatic N) is 1. The summed E-state index contributed by atoms with van der Waals surface area (Å²) in [6.45, 7) is 4.57. The molecule has 0 aromatic heterocycles. The first kappa shape index (κ1) is 14.5. The van der Waals surface area contributed by atoms with E-state index in [0.29, 0.717) is 0 Å². The largest absolute Gasteiger partial charge is 0.306 e. The second kappa shape index (κ2) is 5.82. The SMILES string of the molecule is Cc1cccc2c1C(=C1CCN(C)CC1)c1ccccc1C=C2. The molecule has 0 spiro atoms. The van der Waals surface area contributed by atoms with Crippen molar-refractivity contribution in [2.45, 2.75) is 19.8 Å². The van der Waals surface area contributed by atoms with Gasteiger partial charge in [-0.05, 0) is 60.2 Å². The maximum Gasteiger partial charge on any atom is 0.00160 e. The highest BCUT2D eigenvalue weighted by molar-refractivity contribution is 5.95. The minimum absolute atomic E-state index is 1.16. The maximum absolute atomic E-state index is 2.43. The van der Waals surface area contributed by atoms with Gasteiger partial charge in [-0.15, -0.1) is 0 Å². The smallest absolute Gasteiger partial charge is 0.00160 e. The van der Waals surface area contributed by atoms with Gasteiger partial charge in [-0.2, -0.15) is 0 Å². The van der Waals surface area contributed by atoms with Crippen molar-refractivity contribution in [1.82, 2.24) is 4.90 Å². The highest BCUT2D eigenvalue weighted by Gasteiger charge is 2.22. The summed E-state index contributed by atoms with van der Waals surface area (Å²) in [5.41, 5.74) is 10.0. The molecule has 1 saturated heterocycles.